The van der Waals surface area contributed by atoms with Gasteiger partial charge in [-0.3, -0.25) is 4.79 Å². The monoisotopic (exact) mass is 317 g/mol. The maximum absolute atomic E-state index is 12.0. The highest BCUT2D eigenvalue weighted by Crippen LogP contribution is 2.20. The third-order valence-corrected chi connectivity index (χ3v) is 4.06. The molecule has 3 nitrogen and oxygen atoms in total. The van der Waals surface area contributed by atoms with E-state index in [1.54, 1.807) is 11.3 Å². The standard InChI is InChI=1S/C18H23NO2S/c1-13(2)21-17-6-4-5-16(11-17)14(3)19-18(20)8-7-15-9-10-22-12-15/h4-6,9-14H,7-8H2,1-3H3,(H,19,20). The van der Waals surface area contributed by atoms with Crippen LogP contribution in [0.25, 0.3) is 0 Å². The number of aryl methyl sites for hydroxylation is 1. The molecule has 0 fully saturated rings. The molecule has 0 aliphatic rings. The summed E-state index contributed by atoms with van der Waals surface area (Å²) >= 11 is 1.66. The Kier molecular flexibility index (Phi) is 6.01. The molecule has 4 heteroatoms. The number of carbonyl (C=O) groups is 1. The first-order valence-corrected chi connectivity index (χ1v) is 8.56. The van der Waals surface area contributed by atoms with Gasteiger partial charge in [-0.25, -0.2) is 0 Å². The molecule has 2 aromatic rings. The Balaban J connectivity index is 1.88. The van der Waals surface area contributed by atoms with Gasteiger partial charge in [0.15, 0.2) is 0 Å². The minimum atomic E-state index is -0.0225. The zero-order valence-corrected chi connectivity index (χ0v) is 14.2. The number of nitrogens with one attached hydrogen (secondary N) is 1. The van der Waals surface area contributed by atoms with Gasteiger partial charge in [-0.1, -0.05) is 12.1 Å². The number of rotatable bonds is 7. The zero-order valence-electron chi connectivity index (χ0n) is 13.3. The molecular weight excluding hydrogens is 294 g/mol. The van der Waals surface area contributed by atoms with Crippen molar-refractivity contribution in [2.45, 2.75) is 45.8 Å². The van der Waals surface area contributed by atoms with Crippen LogP contribution in [0.3, 0.4) is 0 Å². The van der Waals surface area contributed by atoms with Gasteiger partial charge in [-0.15, -0.1) is 0 Å². The summed E-state index contributed by atoms with van der Waals surface area (Å²) < 4.78 is 5.69. The second kappa shape index (κ2) is 7.99. The Labute approximate surface area is 136 Å². The van der Waals surface area contributed by atoms with Crippen molar-refractivity contribution >= 4 is 17.2 Å². The first-order valence-electron chi connectivity index (χ1n) is 7.61. The quantitative estimate of drug-likeness (QED) is 0.824. The van der Waals surface area contributed by atoms with Gasteiger partial charge in [0, 0.05) is 6.42 Å². The molecule has 1 N–H and O–H groups in total. The maximum Gasteiger partial charge on any atom is 0.220 e. The van der Waals surface area contributed by atoms with E-state index in [9.17, 15) is 4.79 Å². The largest absolute Gasteiger partial charge is 0.491 e. The van der Waals surface area contributed by atoms with Crippen LogP contribution < -0.4 is 10.1 Å². The highest BCUT2D eigenvalue weighted by atomic mass is 32.1. The van der Waals surface area contributed by atoms with E-state index in [4.69, 9.17) is 4.74 Å². The first kappa shape index (κ1) is 16.6. The normalized spacial score (nSPS) is 12.2. The molecule has 22 heavy (non-hydrogen) atoms. The minimum absolute atomic E-state index is 0.0225. The summed E-state index contributed by atoms with van der Waals surface area (Å²) in [5, 5.41) is 7.17. The lowest BCUT2D eigenvalue weighted by molar-refractivity contribution is -0.121. The van der Waals surface area contributed by atoms with E-state index in [0.29, 0.717) is 6.42 Å². The summed E-state index contributed by atoms with van der Waals surface area (Å²) in [6, 6.07) is 9.94. The van der Waals surface area contributed by atoms with E-state index in [-0.39, 0.29) is 18.1 Å². The Morgan fingerprint density at radius 1 is 1.27 bits per heavy atom. The lowest BCUT2D eigenvalue weighted by Crippen LogP contribution is -2.26. The van der Waals surface area contributed by atoms with Crippen LogP contribution >= 0.6 is 11.3 Å². The molecule has 1 atom stereocenters. The van der Waals surface area contributed by atoms with Crippen molar-refractivity contribution in [2.75, 3.05) is 0 Å². The minimum Gasteiger partial charge on any atom is -0.491 e. The van der Waals surface area contributed by atoms with Gasteiger partial charge in [-0.05, 0) is 67.3 Å². The maximum atomic E-state index is 12.0. The van der Waals surface area contributed by atoms with Gasteiger partial charge in [-0.2, -0.15) is 11.3 Å². The number of carbonyl (C=O) groups excluding carboxylic acids is 1. The molecule has 1 aromatic heterocycles. The molecule has 0 saturated heterocycles. The molecule has 0 aliphatic carbocycles. The number of benzene rings is 1. The lowest BCUT2D eigenvalue weighted by Gasteiger charge is -2.16. The van der Waals surface area contributed by atoms with Crippen LogP contribution in [0.1, 0.15) is 44.4 Å². The molecule has 1 amide bonds. The molecule has 0 spiro atoms. The van der Waals surface area contributed by atoms with Crippen molar-refractivity contribution < 1.29 is 9.53 Å². The topological polar surface area (TPSA) is 38.3 Å². The molecule has 0 radical (unpaired) electrons. The third-order valence-electron chi connectivity index (χ3n) is 3.33. The Morgan fingerprint density at radius 3 is 2.77 bits per heavy atom. The van der Waals surface area contributed by atoms with Crippen molar-refractivity contribution in [3.8, 4) is 5.75 Å². The number of amides is 1. The fraction of sp³-hybridized carbons (Fsp3) is 0.389. The van der Waals surface area contributed by atoms with Crippen molar-refractivity contribution in [1.82, 2.24) is 5.32 Å². The molecular formula is C18H23NO2S. The highest BCUT2D eigenvalue weighted by molar-refractivity contribution is 7.07. The summed E-state index contributed by atoms with van der Waals surface area (Å²) in [6.07, 6.45) is 1.45. The third kappa shape index (κ3) is 5.19. The second-order valence-electron chi connectivity index (χ2n) is 5.66. The predicted molar refractivity (Wildman–Crippen MR) is 91.4 cm³/mol. The van der Waals surface area contributed by atoms with Crippen molar-refractivity contribution in [3.63, 3.8) is 0 Å². The smallest absolute Gasteiger partial charge is 0.220 e. The Hall–Kier alpha value is -1.81. The Morgan fingerprint density at radius 2 is 2.09 bits per heavy atom. The number of thiophene rings is 1. The SMILES string of the molecule is CC(C)Oc1cccc(C(C)NC(=O)CCc2ccsc2)c1. The molecule has 1 heterocycles. The Bertz CT molecular complexity index is 593. The highest BCUT2D eigenvalue weighted by Gasteiger charge is 2.11. The fourth-order valence-electron chi connectivity index (χ4n) is 2.22. The van der Waals surface area contributed by atoms with Crippen molar-refractivity contribution in [3.05, 3.63) is 52.2 Å². The van der Waals surface area contributed by atoms with Crippen molar-refractivity contribution in [2.24, 2.45) is 0 Å². The molecule has 0 aliphatic heterocycles. The van der Waals surface area contributed by atoms with Crippen LogP contribution in [0.5, 0.6) is 5.75 Å². The molecule has 118 valence electrons. The van der Waals surface area contributed by atoms with E-state index in [1.165, 1.54) is 5.56 Å². The first-order chi connectivity index (χ1) is 10.5. The van der Waals surface area contributed by atoms with E-state index in [0.717, 1.165) is 17.7 Å². The predicted octanol–water partition coefficient (Wildman–Crippen LogP) is 4.35. The second-order valence-corrected chi connectivity index (χ2v) is 6.44. The van der Waals surface area contributed by atoms with Crippen LogP contribution in [0.4, 0.5) is 0 Å². The number of hydrogen-bond donors (Lipinski definition) is 1. The zero-order chi connectivity index (χ0) is 15.9. The van der Waals surface area contributed by atoms with E-state index < -0.39 is 0 Å². The molecule has 2 rings (SSSR count). The average Bonchev–Trinajstić information content (AvgIpc) is 2.98. The summed E-state index contributed by atoms with van der Waals surface area (Å²) in [5.74, 6) is 0.917. The van der Waals surface area contributed by atoms with E-state index in [1.807, 2.05) is 50.4 Å². The van der Waals surface area contributed by atoms with Gasteiger partial charge in [0.05, 0.1) is 12.1 Å². The van der Waals surface area contributed by atoms with Crippen LogP contribution in [0.15, 0.2) is 41.1 Å². The van der Waals surface area contributed by atoms with Crippen LogP contribution in [-0.4, -0.2) is 12.0 Å². The fourth-order valence-corrected chi connectivity index (χ4v) is 2.92. The summed E-state index contributed by atoms with van der Waals surface area (Å²) in [4.78, 5) is 12.0. The van der Waals surface area contributed by atoms with Crippen LogP contribution in [-0.2, 0) is 11.2 Å². The van der Waals surface area contributed by atoms with Gasteiger partial charge < -0.3 is 10.1 Å². The summed E-state index contributed by atoms with van der Waals surface area (Å²) in [7, 11) is 0. The molecule has 0 bridgehead atoms. The average molecular weight is 317 g/mol. The van der Waals surface area contributed by atoms with Gasteiger partial charge in [0.2, 0.25) is 5.91 Å². The number of ether oxygens (including phenoxy) is 1. The molecule has 0 saturated carbocycles. The van der Waals surface area contributed by atoms with E-state index >= 15 is 0 Å². The number of hydrogen-bond acceptors (Lipinski definition) is 3. The summed E-state index contributed by atoms with van der Waals surface area (Å²) in [5.41, 5.74) is 2.28. The van der Waals surface area contributed by atoms with Crippen LogP contribution in [0, 0.1) is 0 Å². The van der Waals surface area contributed by atoms with Gasteiger partial charge >= 0.3 is 0 Å². The summed E-state index contributed by atoms with van der Waals surface area (Å²) in [6.45, 7) is 6.00. The van der Waals surface area contributed by atoms with Gasteiger partial charge in [0.25, 0.3) is 0 Å². The van der Waals surface area contributed by atoms with E-state index in [2.05, 4.69) is 16.8 Å². The van der Waals surface area contributed by atoms with Crippen molar-refractivity contribution in [1.29, 1.82) is 0 Å². The molecule has 1 aromatic carbocycles. The van der Waals surface area contributed by atoms with Gasteiger partial charge in [0.1, 0.15) is 5.75 Å². The van der Waals surface area contributed by atoms with Crippen LogP contribution in [0.2, 0.25) is 0 Å². The molecule has 1 unspecified atom stereocenters. The lowest BCUT2D eigenvalue weighted by atomic mass is 10.1.